The van der Waals surface area contributed by atoms with Crippen molar-refractivity contribution in [1.82, 2.24) is 9.78 Å². The van der Waals surface area contributed by atoms with Crippen molar-refractivity contribution in [2.75, 3.05) is 0 Å². The highest BCUT2D eigenvalue weighted by Crippen LogP contribution is 2.32. The maximum absolute atomic E-state index is 13.1. The summed E-state index contributed by atoms with van der Waals surface area (Å²) < 4.78 is 45.4. The van der Waals surface area contributed by atoms with Crippen LogP contribution in [0, 0.1) is 13.8 Å². The van der Waals surface area contributed by atoms with Crippen LogP contribution >= 0.6 is 0 Å². The minimum absolute atomic E-state index is 0.276. The van der Waals surface area contributed by atoms with Crippen molar-refractivity contribution in [1.29, 1.82) is 0 Å². The van der Waals surface area contributed by atoms with E-state index in [4.69, 9.17) is 4.74 Å². The molecule has 3 rings (SSSR count). The Hall–Kier alpha value is -3.09. The number of nitrogens with zero attached hydrogens (tertiary/aromatic N) is 2. The van der Waals surface area contributed by atoms with Crippen LogP contribution in [-0.4, -0.2) is 15.7 Å². The first kappa shape index (κ1) is 17.7. The molecule has 0 saturated carbocycles. The molecule has 0 bridgehead atoms. The predicted molar refractivity (Wildman–Crippen MR) is 89.4 cm³/mol. The maximum atomic E-state index is 13.1. The van der Waals surface area contributed by atoms with Crippen LogP contribution in [0.15, 0.2) is 54.6 Å². The third-order valence-electron chi connectivity index (χ3n) is 3.81. The Morgan fingerprint density at radius 2 is 1.69 bits per heavy atom. The third-order valence-corrected chi connectivity index (χ3v) is 3.81. The normalized spacial score (nSPS) is 11.4. The molecule has 7 heteroatoms. The quantitative estimate of drug-likeness (QED) is 0.635. The van der Waals surface area contributed by atoms with E-state index in [1.54, 1.807) is 55.5 Å². The van der Waals surface area contributed by atoms with Crippen molar-refractivity contribution in [2.45, 2.75) is 20.0 Å². The van der Waals surface area contributed by atoms with Crippen LogP contribution in [0.4, 0.5) is 13.2 Å². The van der Waals surface area contributed by atoms with Gasteiger partial charge in [-0.25, -0.2) is 9.48 Å². The number of esters is 1. The molecule has 0 N–H and O–H groups in total. The highest BCUT2D eigenvalue weighted by atomic mass is 19.4. The lowest BCUT2D eigenvalue weighted by Gasteiger charge is -2.09. The Kier molecular flexibility index (Phi) is 4.54. The van der Waals surface area contributed by atoms with Gasteiger partial charge in [0.1, 0.15) is 0 Å². The number of alkyl halides is 3. The molecular formula is C19H15F3N2O2. The molecule has 0 radical (unpaired) electrons. The number of rotatable bonds is 3. The van der Waals surface area contributed by atoms with Crippen molar-refractivity contribution in [3.8, 4) is 11.6 Å². The van der Waals surface area contributed by atoms with Crippen molar-refractivity contribution >= 4 is 5.97 Å². The summed E-state index contributed by atoms with van der Waals surface area (Å²) in [6.45, 7) is 3.57. The Balaban J connectivity index is 2.02. The monoisotopic (exact) mass is 360 g/mol. The number of hydrogen-bond acceptors (Lipinski definition) is 3. The van der Waals surface area contributed by atoms with Gasteiger partial charge in [-0.1, -0.05) is 35.9 Å². The van der Waals surface area contributed by atoms with Crippen molar-refractivity contribution in [2.24, 2.45) is 0 Å². The van der Waals surface area contributed by atoms with Gasteiger partial charge in [-0.05, 0) is 37.6 Å². The molecule has 0 spiro atoms. The molecule has 0 unspecified atom stereocenters. The van der Waals surface area contributed by atoms with Gasteiger partial charge in [0.05, 0.1) is 11.3 Å². The topological polar surface area (TPSA) is 44.1 Å². The molecule has 0 fully saturated rings. The zero-order valence-corrected chi connectivity index (χ0v) is 14.0. The van der Waals surface area contributed by atoms with Crippen molar-refractivity contribution < 1.29 is 22.7 Å². The van der Waals surface area contributed by atoms with Gasteiger partial charge < -0.3 is 4.74 Å². The molecule has 4 nitrogen and oxygen atoms in total. The molecule has 0 saturated heterocycles. The number of ether oxygens (including phenoxy) is 1. The predicted octanol–water partition coefficient (Wildman–Crippen LogP) is 4.73. The SMILES string of the molecule is Cc1ccc(-n2nc(C(F)(F)F)cc2OC(=O)c2ccccc2C)cc1. The van der Waals surface area contributed by atoms with Gasteiger partial charge in [-0.3, -0.25) is 0 Å². The Bertz CT molecular complexity index is 944. The van der Waals surface area contributed by atoms with Gasteiger partial charge in [0, 0.05) is 6.07 Å². The smallest absolute Gasteiger partial charge is 0.404 e. The second-order valence-electron chi connectivity index (χ2n) is 5.82. The first-order valence-electron chi connectivity index (χ1n) is 7.78. The van der Waals surface area contributed by atoms with Crippen LogP contribution in [0.25, 0.3) is 5.69 Å². The van der Waals surface area contributed by atoms with E-state index < -0.39 is 17.8 Å². The molecule has 134 valence electrons. The Labute approximate surface area is 147 Å². The summed E-state index contributed by atoms with van der Waals surface area (Å²) in [7, 11) is 0. The standard InChI is InChI=1S/C19H15F3N2O2/c1-12-7-9-14(10-8-12)24-17(11-16(23-24)19(20,21)22)26-18(25)15-6-4-3-5-13(15)2/h3-11H,1-2H3. The summed E-state index contributed by atoms with van der Waals surface area (Å²) in [6, 6.07) is 14.1. The summed E-state index contributed by atoms with van der Waals surface area (Å²) in [4.78, 5) is 12.4. The fourth-order valence-corrected chi connectivity index (χ4v) is 2.40. The number of halogens is 3. The minimum Gasteiger partial charge on any atom is -0.404 e. The van der Waals surface area contributed by atoms with Crippen LogP contribution in [0.5, 0.6) is 5.88 Å². The molecule has 0 aliphatic carbocycles. The van der Waals surface area contributed by atoms with Gasteiger partial charge in [-0.2, -0.15) is 18.3 Å². The zero-order chi connectivity index (χ0) is 18.9. The summed E-state index contributed by atoms with van der Waals surface area (Å²) >= 11 is 0. The largest absolute Gasteiger partial charge is 0.435 e. The zero-order valence-electron chi connectivity index (χ0n) is 14.0. The van der Waals surface area contributed by atoms with Gasteiger partial charge >= 0.3 is 12.1 Å². The van der Waals surface area contributed by atoms with Gasteiger partial charge in [0.2, 0.25) is 5.88 Å². The van der Waals surface area contributed by atoms with E-state index in [2.05, 4.69) is 5.10 Å². The summed E-state index contributed by atoms with van der Waals surface area (Å²) in [5.41, 5.74) is 1.10. The van der Waals surface area contributed by atoms with E-state index in [9.17, 15) is 18.0 Å². The first-order chi connectivity index (χ1) is 12.3. The fraction of sp³-hybridized carbons (Fsp3) is 0.158. The van der Waals surface area contributed by atoms with Crippen LogP contribution < -0.4 is 4.74 Å². The van der Waals surface area contributed by atoms with Crippen LogP contribution in [0.1, 0.15) is 27.2 Å². The highest BCUT2D eigenvalue weighted by Gasteiger charge is 2.36. The van der Waals surface area contributed by atoms with Gasteiger partial charge in [0.15, 0.2) is 5.69 Å². The molecular weight excluding hydrogens is 345 g/mol. The van der Waals surface area contributed by atoms with Crippen molar-refractivity contribution in [3.63, 3.8) is 0 Å². The fourth-order valence-electron chi connectivity index (χ4n) is 2.40. The van der Waals surface area contributed by atoms with Gasteiger partial charge in [-0.15, -0.1) is 0 Å². The van der Waals surface area contributed by atoms with E-state index in [1.165, 1.54) is 0 Å². The second-order valence-corrected chi connectivity index (χ2v) is 5.82. The molecule has 0 amide bonds. The summed E-state index contributed by atoms with van der Waals surface area (Å²) in [5, 5.41) is 3.56. The number of carbonyl (C=O) groups is 1. The lowest BCUT2D eigenvalue weighted by molar-refractivity contribution is -0.141. The molecule has 26 heavy (non-hydrogen) atoms. The molecule has 0 aliphatic rings. The van der Waals surface area contributed by atoms with Crippen LogP contribution in [0.2, 0.25) is 0 Å². The van der Waals surface area contributed by atoms with Crippen LogP contribution in [0.3, 0.4) is 0 Å². The number of carbonyl (C=O) groups excluding carboxylic acids is 1. The molecule has 1 heterocycles. The number of aromatic nitrogens is 2. The molecule has 0 atom stereocenters. The lowest BCUT2D eigenvalue weighted by atomic mass is 10.1. The maximum Gasteiger partial charge on any atom is 0.435 e. The van der Waals surface area contributed by atoms with E-state index >= 15 is 0 Å². The van der Waals surface area contributed by atoms with E-state index in [-0.39, 0.29) is 11.4 Å². The molecule has 1 aromatic heterocycles. The Morgan fingerprint density at radius 1 is 1.04 bits per heavy atom. The minimum atomic E-state index is -4.65. The summed E-state index contributed by atoms with van der Waals surface area (Å²) in [5.74, 6) is -1.04. The van der Waals surface area contributed by atoms with Gasteiger partial charge in [0.25, 0.3) is 0 Å². The number of aryl methyl sites for hydroxylation is 2. The van der Waals surface area contributed by atoms with E-state index in [0.29, 0.717) is 11.3 Å². The lowest BCUT2D eigenvalue weighted by Crippen LogP contribution is -2.13. The number of benzene rings is 2. The first-order valence-corrected chi connectivity index (χ1v) is 7.78. The number of hydrogen-bond donors (Lipinski definition) is 0. The van der Waals surface area contributed by atoms with E-state index in [0.717, 1.165) is 16.3 Å². The molecule has 2 aromatic carbocycles. The third kappa shape index (κ3) is 3.61. The van der Waals surface area contributed by atoms with Crippen molar-refractivity contribution in [3.05, 3.63) is 77.0 Å². The molecule has 0 aliphatic heterocycles. The Morgan fingerprint density at radius 3 is 2.31 bits per heavy atom. The summed E-state index contributed by atoms with van der Waals surface area (Å²) in [6.07, 6.45) is -4.65. The van der Waals surface area contributed by atoms with Crippen LogP contribution in [-0.2, 0) is 6.18 Å². The van der Waals surface area contributed by atoms with E-state index in [1.807, 2.05) is 6.92 Å². The molecule has 3 aromatic rings. The highest BCUT2D eigenvalue weighted by molar-refractivity contribution is 5.92. The second kappa shape index (κ2) is 6.67. The average Bonchev–Trinajstić information content (AvgIpc) is 3.00. The average molecular weight is 360 g/mol.